The number of thiophene rings is 2. The SMILES string of the molecule is CCN(CC)c1ccc(N=Nc2snc3sccc23)c(Nc2nc(Nc3cc(N(CC)CC)ccc3N=Nc3snc4sccc34)nc(SCc3ccccc3)n2)c1. The summed E-state index contributed by atoms with van der Waals surface area (Å²) in [6.45, 7) is 12.0. The number of hydrogen-bond donors (Lipinski definition) is 2. The molecule has 0 amide bonds. The molecule has 294 valence electrons. The van der Waals surface area contributed by atoms with Crippen LogP contribution < -0.4 is 20.4 Å². The van der Waals surface area contributed by atoms with Crippen LogP contribution in [0.2, 0.25) is 0 Å². The van der Waals surface area contributed by atoms with Gasteiger partial charge in [-0.1, -0.05) is 42.1 Å². The Balaban J connectivity index is 1.18. The predicted molar refractivity (Wildman–Crippen MR) is 246 cm³/mol. The molecule has 2 N–H and O–H groups in total. The third-order valence-electron chi connectivity index (χ3n) is 9.21. The lowest BCUT2D eigenvalue weighted by molar-refractivity contribution is 0.866. The van der Waals surface area contributed by atoms with Gasteiger partial charge in [-0.25, -0.2) is 0 Å². The minimum atomic E-state index is 0.354. The molecule has 8 rings (SSSR count). The lowest BCUT2D eigenvalue weighted by Crippen LogP contribution is -2.21. The molecule has 0 radical (unpaired) electrons. The second kappa shape index (κ2) is 18.5. The van der Waals surface area contributed by atoms with Gasteiger partial charge in [0.05, 0.1) is 22.1 Å². The van der Waals surface area contributed by atoms with Gasteiger partial charge in [0.15, 0.2) is 15.2 Å². The van der Waals surface area contributed by atoms with Crippen molar-refractivity contribution in [3.8, 4) is 0 Å². The van der Waals surface area contributed by atoms with Gasteiger partial charge >= 0.3 is 0 Å². The Bertz CT molecular complexity index is 2520. The number of azo groups is 2. The molecule has 8 aromatic rings. The normalized spacial score (nSPS) is 11.7. The molecule has 5 heterocycles. The Labute approximate surface area is 356 Å². The highest BCUT2D eigenvalue weighted by molar-refractivity contribution is 7.98. The zero-order valence-electron chi connectivity index (χ0n) is 32.2. The van der Waals surface area contributed by atoms with Crippen molar-refractivity contribution in [1.82, 2.24) is 23.7 Å². The Morgan fingerprint density at radius 1 is 0.586 bits per heavy atom. The van der Waals surface area contributed by atoms with Crippen molar-refractivity contribution in [3.63, 3.8) is 0 Å². The van der Waals surface area contributed by atoms with E-state index in [1.165, 1.54) is 34.8 Å². The summed E-state index contributed by atoms with van der Waals surface area (Å²) in [6.07, 6.45) is 0. The van der Waals surface area contributed by atoms with Crippen LogP contribution >= 0.6 is 57.5 Å². The van der Waals surface area contributed by atoms with Gasteiger partial charge in [-0.2, -0.15) is 23.7 Å². The van der Waals surface area contributed by atoms with Gasteiger partial charge in [0.25, 0.3) is 0 Å². The molecule has 5 aromatic heterocycles. The van der Waals surface area contributed by atoms with Gasteiger partial charge in [-0.15, -0.1) is 43.1 Å². The molecule has 13 nitrogen and oxygen atoms in total. The zero-order valence-corrected chi connectivity index (χ0v) is 36.2. The van der Waals surface area contributed by atoms with Crippen LogP contribution in [0.3, 0.4) is 0 Å². The lowest BCUT2D eigenvalue weighted by Gasteiger charge is -2.22. The monoisotopic (exact) mass is 861 g/mol. The van der Waals surface area contributed by atoms with E-state index in [-0.39, 0.29) is 0 Å². The van der Waals surface area contributed by atoms with Gasteiger partial charge in [-0.3, -0.25) is 0 Å². The number of aromatic nitrogens is 5. The summed E-state index contributed by atoms with van der Waals surface area (Å²) in [4.78, 5) is 21.2. The maximum absolute atomic E-state index is 4.94. The van der Waals surface area contributed by atoms with Crippen molar-refractivity contribution >= 4 is 134 Å². The smallest absolute Gasteiger partial charge is 0.233 e. The summed E-state index contributed by atoms with van der Waals surface area (Å²) >= 11 is 7.40. The minimum Gasteiger partial charge on any atom is -0.372 e. The standard InChI is InChI=1S/C40H39N13S5/c1-5-52(6-2)26-14-16-30(46-48-34-28-18-20-54-36(28)50-57-34)32(22-26)41-38-43-39(45-40(44-38)56-24-25-12-10-9-11-13-25)42-33-23-27(53(7-3)8-4)15-17-31(33)47-49-35-29-19-21-55-37(29)51-58-35/h9-23H,5-8,24H2,1-4H3,(H2,41,42,43,44,45). The van der Waals surface area contributed by atoms with E-state index in [0.717, 1.165) is 73.6 Å². The fraction of sp³-hybridized carbons (Fsp3) is 0.225. The van der Waals surface area contributed by atoms with E-state index in [1.54, 1.807) is 22.7 Å². The first-order valence-electron chi connectivity index (χ1n) is 18.8. The van der Waals surface area contributed by atoms with Gasteiger partial charge < -0.3 is 20.4 Å². The molecule has 0 aliphatic rings. The second-order valence-corrected chi connectivity index (χ2v) is 16.9. The van der Waals surface area contributed by atoms with E-state index in [4.69, 9.17) is 25.2 Å². The molecule has 3 aromatic carbocycles. The number of fused-ring (bicyclic) bond motifs is 2. The van der Waals surface area contributed by atoms with Crippen molar-refractivity contribution in [2.24, 2.45) is 20.5 Å². The Hall–Kier alpha value is -5.40. The maximum atomic E-state index is 4.94. The summed E-state index contributed by atoms with van der Waals surface area (Å²) in [5.41, 5.74) is 5.93. The van der Waals surface area contributed by atoms with Crippen molar-refractivity contribution < 1.29 is 0 Å². The third kappa shape index (κ3) is 9.00. The molecule has 0 atom stereocenters. The van der Waals surface area contributed by atoms with E-state index < -0.39 is 0 Å². The highest BCUT2D eigenvalue weighted by Gasteiger charge is 2.16. The molecule has 18 heteroatoms. The van der Waals surface area contributed by atoms with Crippen LogP contribution in [0.25, 0.3) is 20.4 Å². The average Bonchev–Trinajstić information content (AvgIpc) is 4.06. The van der Waals surface area contributed by atoms with Gasteiger partial charge in [0.2, 0.25) is 11.9 Å². The van der Waals surface area contributed by atoms with Crippen LogP contribution in [0.1, 0.15) is 33.3 Å². The summed E-state index contributed by atoms with van der Waals surface area (Å²) in [5, 5.41) is 33.8. The molecule has 0 bridgehead atoms. The molecule has 0 spiro atoms. The summed E-state index contributed by atoms with van der Waals surface area (Å²) in [7, 11) is 0. The minimum absolute atomic E-state index is 0.354. The average molecular weight is 862 g/mol. The number of anilines is 6. The van der Waals surface area contributed by atoms with Crippen LogP contribution in [0, 0.1) is 0 Å². The molecule has 0 aliphatic carbocycles. The second-order valence-electron chi connectivity index (χ2n) is 12.7. The number of thioether (sulfide) groups is 1. The predicted octanol–water partition coefficient (Wildman–Crippen LogP) is 13.5. The Morgan fingerprint density at radius 3 is 1.57 bits per heavy atom. The van der Waals surface area contributed by atoms with E-state index in [2.05, 4.69) is 104 Å². The molecule has 0 saturated heterocycles. The first-order chi connectivity index (χ1) is 28.5. The van der Waals surface area contributed by atoms with Crippen LogP contribution in [-0.2, 0) is 5.75 Å². The van der Waals surface area contributed by atoms with Gasteiger partial charge in [0, 0.05) is 43.3 Å². The fourth-order valence-corrected chi connectivity index (χ4v) is 10.1. The van der Waals surface area contributed by atoms with Crippen molar-refractivity contribution in [3.05, 3.63) is 95.2 Å². The Morgan fingerprint density at radius 2 is 1.09 bits per heavy atom. The first-order valence-corrected chi connectivity index (χ1v) is 23.0. The molecule has 0 saturated carbocycles. The summed E-state index contributed by atoms with van der Waals surface area (Å²) in [5.74, 6) is 1.38. The number of hydrogen-bond acceptors (Lipinski definition) is 18. The van der Waals surface area contributed by atoms with Crippen LogP contribution in [-0.4, -0.2) is 49.9 Å². The fourth-order valence-electron chi connectivity index (χ4n) is 6.17. The van der Waals surface area contributed by atoms with E-state index in [0.29, 0.717) is 45.6 Å². The largest absolute Gasteiger partial charge is 0.372 e. The molecule has 0 aliphatic heterocycles. The highest BCUT2D eigenvalue weighted by Crippen LogP contribution is 2.40. The number of nitrogens with zero attached hydrogens (tertiary/aromatic N) is 11. The van der Waals surface area contributed by atoms with E-state index in [9.17, 15) is 0 Å². The van der Waals surface area contributed by atoms with Crippen LogP contribution in [0.15, 0.2) is 115 Å². The van der Waals surface area contributed by atoms with Crippen molar-refractivity contribution in [1.29, 1.82) is 0 Å². The van der Waals surface area contributed by atoms with Crippen molar-refractivity contribution in [2.45, 2.75) is 38.6 Å². The Kier molecular flexibility index (Phi) is 12.5. The van der Waals surface area contributed by atoms with Crippen LogP contribution in [0.5, 0.6) is 0 Å². The zero-order chi connectivity index (χ0) is 39.8. The lowest BCUT2D eigenvalue weighted by atomic mass is 10.2. The van der Waals surface area contributed by atoms with Crippen molar-refractivity contribution in [2.75, 3.05) is 46.6 Å². The number of benzene rings is 3. The number of rotatable bonds is 17. The molecule has 0 fully saturated rings. The van der Waals surface area contributed by atoms with Gasteiger partial charge in [-0.05, 0) is 116 Å². The molecular weight excluding hydrogens is 823 g/mol. The summed E-state index contributed by atoms with van der Waals surface area (Å²) in [6, 6.07) is 26.5. The summed E-state index contributed by atoms with van der Waals surface area (Å²) < 4.78 is 9.06. The number of nitrogens with one attached hydrogen (secondary N) is 2. The van der Waals surface area contributed by atoms with Crippen LogP contribution in [0.4, 0.5) is 56.0 Å². The third-order valence-corrected chi connectivity index (χ3v) is 13.5. The molecule has 0 unspecified atom stereocenters. The molecule has 58 heavy (non-hydrogen) atoms. The topological polar surface area (TPSA) is 144 Å². The molecular formula is C40H39N13S5. The van der Waals surface area contributed by atoms with E-state index >= 15 is 0 Å². The van der Waals surface area contributed by atoms with Gasteiger partial charge in [0.1, 0.15) is 21.0 Å². The maximum Gasteiger partial charge on any atom is 0.233 e. The van der Waals surface area contributed by atoms with E-state index in [1.807, 2.05) is 53.2 Å². The quantitative estimate of drug-likeness (QED) is 0.0670. The first kappa shape index (κ1) is 39.4. The highest BCUT2D eigenvalue weighted by atomic mass is 32.2.